The third-order valence-corrected chi connectivity index (χ3v) is 5.12. The van der Waals surface area contributed by atoms with Crippen LogP contribution in [0.3, 0.4) is 0 Å². The summed E-state index contributed by atoms with van der Waals surface area (Å²) in [5, 5.41) is 12.2. The lowest BCUT2D eigenvalue weighted by atomic mass is 9.78. The lowest BCUT2D eigenvalue weighted by Gasteiger charge is -2.27. The molecule has 0 saturated heterocycles. The summed E-state index contributed by atoms with van der Waals surface area (Å²) >= 11 is 0. The molecule has 2 atom stereocenters. The van der Waals surface area contributed by atoms with Crippen molar-refractivity contribution in [3.05, 3.63) is 23.8 Å². The van der Waals surface area contributed by atoms with Crippen LogP contribution in [0, 0.1) is 11.8 Å². The highest BCUT2D eigenvalue weighted by Crippen LogP contribution is 2.31. The molecule has 6 nitrogen and oxygen atoms in total. The minimum absolute atomic E-state index is 0.180. The van der Waals surface area contributed by atoms with Gasteiger partial charge in [0.1, 0.15) is 0 Å². The van der Waals surface area contributed by atoms with E-state index >= 15 is 0 Å². The predicted molar refractivity (Wildman–Crippen MR) is 103 cm³/mol. The fraction of sp³-hybridized carbons (Fsp3) is 0.619. The second kappa shape index (κ2) is 10.8. The Balaban J connectivity index is 1.92. The average Bonchev–Trinajstić information content (AvgIpc) is 2.69. The Bertz CT molecular complexity index is 631. The van der Waals surface area contributed by atoms with Crippen LogP contribution in [0.25, 0.3) is 0 Å². The molecule has 0 radical (unpaired) electrons. The first-order chi connectivity index (χ1) is 13.1. The van der Waals surface area contributed by atoms with Gasteiger partial charge in [0.15, 0.2) is 11.5 Å². The molecule has 0 spiro atoms. The van der Waals surface area contributed by atoms with E-state index in [-0.39, 0.29) is 5.91 Å². The largest absolute Gasteiger partial charge is 0.493 e. The van der Waals surface area contributed by atoms with Gasteiger partial charge in [-0.15, -0.1) is 0 Å². The van der Waals surface area contributed by atoms with Crippen LogP contribution >= 0.6 is 0 Å². The number of aliphatic carboxylic acids is 1. The van der Waals surface area contributed by atoms with E-state index in [0.717, 1.165) is 37.7 Å². The fourth-order valence-corrected chi connectivity index (χ4v) is 3.54. The second-order valence-corrected chi connectivity index (χ2v) is 7.09. The molecule has 0 aliphatic heterocycles. The van der Waals surface area contributed by atoms with Crippen molar-refractivity contribution in [1.82, 2.24) is 5.32 Å². The van der Waals surface area contributed by atoms with E-state index in [1.165, 1.54) is 0 Å². The summed E-state index contributed by atoms with van der Waals surface area (Å²) in [5.41, 5.74) is 0.892. The van der Waals surface area contributed by atoms with Crippen LogP contribution in [0.15, 0.2) is 18.2 Å². The number of carboxylic acid groups (broad SMARTS) is 1. The number of nitrogens with one attached hydrogen (secondary N) is 1. The van der Waals surface area contributed by atoms with Crippen molar-refractivity contribution >= 4 is 11.9 Å². The number of carboxylic acids is 1. The monoisotopic (exact) mass is 377 g/mol. The highest BCUT2D eigenvalue weighted by atomic mass is 16.5. The average molecular weight is 377 g/mol. The molecule has 1 aliphatic carbocycles. The van der Waals surface area contributed by atoms with Crippen molar-refractivity contribution in [2.45, 2.75) is 58.4 Å². The zero-order valence-corrected chi connectivity index (χ0v) is 16.3. The zero-order valence-electron chi connectivity index (χ0n) is 16.3. The van der Waals surface area contributed by atoms with Crippen LogP contribution in [-0.4, -0.2) is 30.7 Å². The van der Waals surface area contributed by atoms with Gasteiger partial charge in [0.2, 0.25) is 5.91 Å². The van der Waals surface area contributed by atoms with E-state index in [9.17, 15) is 14.7 Å². The van der Waals surface area contributed by atoms with E-state index in [1.807, 2.05) is 18.2 Å². The summed E-state index contributed by atoms with van der Waals surface area (Å²) in [5.74, 6) is -0.741. The third-order valence-electron chi connectivity index (χ3n) is 5.12. The summed E-state index contributed by atoms with van der Waals surface area (Å²) < 4.78 is 11.2. The Morgan fingerprint density at radius 2 is 1.89 bits per heavy atom. The molecule has 1 aromatic rings. The van der Waals surface area contributed by atoms with Gasteiger partial charge in [-0.2, -0.15) is 0 Å². The smallest absolute Gasteiger partial charge is 0.307 e. The van der Waals surface area contributed by atoms with Gasteiger partial charge in [0.05, 0.1) is 25.6 Å². The Morgan fingerprint density at radius 3 is 2.56 bits per heavy atom. The maximum atomic E-state index is 12.5. The predicted octanol–water partition coefficient (Wildman–Crippen LogP) is 3.77. The maximum absolute atomic E-state index is 12.5. The van der Waals surface area contributed by atoms with E-state index in [2.05, 4.69) is 12.2 Å². The fourth-order valence-electron chi connectivity index (χ4n) is 3.54. The molecule has 2 rings (SSSR count). The highest BCUT2D eigenvalue weighted by Gasteiger charge is 2.35. The number of amides is 1. The first-order valence-electron chi connectivity index (χ1n) is 9.87. The van der Waals surface area contributed by atoms with Crippen molar-refractivity contribution in [2.75, 3.05) is 13.7 Å². The van der Waals surface area contributed by atoms with E-state index in [1.54, 1.807) is 7.11 Å². The van der Waals surface area contributed by atoms with Gasteiger partial charge in [-0.1, -0.05) is 38.7 Å². The Labute approximate surface area is 161 Å². The highest BCUT2D eigenvalue weighted by molar-refractivity contribution is 5.84. The second-order valence-electron chi connectivity index (χ2n) is 7.09. The normalized spacial score (nSPS) is 19.3. The molecule has 27 heavy (non-hydrogen) atoms. The number of benzene rings is 1. The molecule has 2 N–H and O–H groups in total. The van der Waals surface area contributed by atoms with Gasteiger partial charge in [0.25, 0.3) is 0 Å². The number of hydrogen-bond donors (Lipinski definition) is 2. The number of methoxy groups -OCH3 is 1. The summed E-state index contributed by atoms with van der Waals surface area (Å²) in [7, 11) is 1.59. The zero-order chi connectivity index (χ0) is 19.6. The van der Waals surface area contributed by atoms with Gasteiger partial charge in [0, 0.05) is 6.54 Å². The van der Waals surface area contributed by atoms with Gasteiger partial charge < -0.3 is 19.9 Å². The molecule has 1 fully saturated rings. The summed E-state index contributed by atoms with van der Waals surface area (Å²) in [6.07, 6.45) is 6.26. The number of unbranched alkanes of at least 4 members (excludes halogenated alkanes) is 2. The number of ether oxygens (including phenoxy) is 2. The minimum atomic E-state index is -0.874. The number of rotatable bonds is 10. The third kappa shape index (κ3) is 6.15. The molecule has 1 amide bonds. The molecular weight excluding hydrogens is 346 g/mol. The van der Waals surface area contributed by atoms with Crippen LogP contribution in [0.5, 0.6) is 11.5 Å². The van der Waals surface area contributed by atoms with Crippen LogP contribution in [0.2, 0.25) is 0 Å². The summed E-state index contributed by atoms with van der Waals surface area (Å²) in [4.78, 5) is 23.9. The number of carbonyl (C=O) groups is 2. The van der Waals surface area contributed by atoms with E-state index in [0.29, 0.717) is 37.5 Å². The van der Waals surface area contributed by atoms with E-state index in [4.69, 9.17) is 9.47 Å². The topological polar surface area (TPSA) is 84.9 Å². The molecule has 2 unspecified atom stereocenters. The summed E-state index contributed by atoms with van der Waals surface area (Å²) in [6, 6.07) is 5.60. The first-order valence-corrected chi connectivity index (χ1v) is 9.87. The van der Waals surface area contributed by atoms with Gasteiger partial charge >= 0.3 is 5.97 Å². The maximum Gasteiger partial charge on any atom is 0.307 e. The Kier molecular flexibility index (Phi) is 8.43. The molecule has 1 aliphatic rings. The molecule has 1 aromatic carbocycles. The SMILES string of the molecule is CCCCCOc1ccc(CNC(=O)C2CCCCC2C(=O)O)cc1OC. The molecule has 150 valence electrons. The van der Waals surface area contributed by atoms with E-state index < -0.39 is 17.8 Å². The Morgan fingerprint density at radius 1 is 1.15 bits per heavy atom. The minimum Gasteiger partial charge on any atom is -0.493 e. The van der Waals surface area contributed by atoms with Gasteiger partial charge in [-0.05, 0) is 37.0 Å². The molecule has 0 aromatic heterocycles. The molecule has 6 heteroatoms. The number of carbonyl (C=O) groups excluding carboxylic acids is 1. The molecular formula is C21H31NO5. The quantitative estimate of drug-likeness (QED) is 0.606. The molecule has 1 saturated carbocycles. The standard InChI is InChI=1S/C21H31NO5/c1-3-4-7-12-27-18-11-10-15(13-19(18)26-2)14-22-20(23)16-8-5-6-9-17(16)21(24)25/h10-11,13,16-17H,3-9,12,14H2,1-2H3,(H,22,23)(H,24,25). The van der Waals surface area contributed by atoms with Crippen LogP contribution < -0.4 is 14.8 Å². The lowest BCUT2D eigenvalue weighted by molar-refractivity contribution is -0.148. The molecule has 0 bridgehead atoms. The van der Waals surface area contributed by atoms with Crippen molar-refractivity contribution in [2.24, 2.45) is 11.8 Å². The van der Waals surface area contributed by atoms with Crippen molar-refractivity contribution in [1.29, 1.82) is 0 Å². The number of hydrogen-bond acceptors (Lipinski definition) is 4. The Hall–Kier alpha value is -2.24. The first kappa shape index (κ1) is 21.1. The summed E-state index contributed by atoms with van der Waals surface area (Å²) in [6.45, 7) is 3.14. The van der Waals surface area contributed by atoms with Crippen LogP contribution in [0.1, 0.15) is 57.4 Å². The van der Waals surface area contributed by atoms with Crippen LogP contribution in [0.4, 0.5) is 0 Å². The van der Waals surface area contributed by atoms with Crippen LogP contribution in [-0.2, 0) is 16.1 Å². The lowest BCUT2D eigenvalue weighted by Crippen LogP contribution is -2.39. The van der Waals surface area contributed by atoms with Crippen molar-refractivity contribution in [3.8, 4) is 11.5 Å². The van der Waals surface area contributed by atoms with Crippen molar-refractivity contribution < 1.29 is 24.2 Å². The van der Waals surface area contributed by atoms with Gasteiger partial charge in [-0.25, -0.2) is 0 Å². The van der Waals surface area contributed by atoms with Crippen molar-refractivity contribution in [3.63, 3.8) is 0 Å². The molecule has 0 heterocycles. The van der Waals surface area contributed by atoms with Gasteiger partial charge in [-0.3, -0.25) is 9.59 Å².